The first kappa shape index (κ1) is 31.8. The van der Waals surface area contributed by atoms with Gasteiger partial charge in [0.05, 0.1) is 33.5 Å². The Bertz CT molecular complexity index is 3360. The van der Waals surface area contributed by atoms with Crippen LogP contribution in [-0.4, -0.2) is 19.1 Å². The van der Waals surface area contributed by atoms with E-state index in [0.29, 0.717) is 0 Å². The number of fused-ring (bicyclic) bond motifs is 9. The Labute approximate surface area is 329 Å². The Hall–Kier alpha value is -7.56. The van der Waals surface area contributed by atoms with E-state index in [-0.39, 0.29) is 0 Å². The van der Waals surface area contributed by atoms with Crippen molar-refractivity contribution in [3.63, 3.8) is 0 Å². The van der Waals surface area contributed by atoms with Crippen LogP contribution in [0.1, 0.15) is 11.1 Å². The van der Waals surface area contributed by atoms with Crippen molar-refractivity contribution >= 4 is 43.6 Å². The highest BCUT2D eigenvalue weighted by atomic mass is 15.0. The average molecular weight is 727 g/mol. The van der Waals surface area contributed by atoms with Crippen molar-refractivity contribution < 1.29 is 0 Å². The van der Waals surface area contributed by atoms with Gasteiger partial charge in [-0.05, 0) is 77.4 Å². The number of nitrogens with zero attached hydrogens (tertiary/aromatic N) is 4. The van der Waals surface area contributed by atoms with Gasteiger partial charge in [-0.1, -0.05) is 133 Å². The largest absolute Gasteiger partial charge is 0.309 e. The van der Waals surface area contributed by atoms with Crippen molar-refractivity contribution in [3.8, 4) is 56.4 Å². The highest BCUT2D eigenvalue weighted by molar-refractivity contribution is 6.12. The Balaban J connectivity index is 0.970. The lowest BCUT2D eigenvalue weighted by atomic mass is 10.0. The molecule has 11 aromatic rings. The number of hydrogen-bond acceptors (Lipinski definition) is 2. The zero-order valence-corrected chi connectivity index (χ0v) is 31.0. The van der Waals surface area contributed by atoms with E-state index >= 15 is 0 Å². The summed E-state index contributed by atoms with van der Waals surface area (Å²) in [5.41, 5.74) is 17.3. The van der Waals surface area contributed by atoms with Crippen molar-refractivity contribution in [3.05, 3.63) is 205 Å². The van der Waals surface area contributed by atoms with E-state index in [2.05, 4.69) is 185 Å². The molecule has 0 unspecified atom stereocenters. The summed E-state index contributed by atoms with van der Waals surface area (Å²) >= 11 is 0. The summed E-state index contributed by atoms with van der Waals surface area (Å²) in [7, 11) is 0. The van der Waals surface area contributed by atoms with Gasteiger partial charge in [-0.3, -0.25) is 0 Å². The maximum Gasteiger partial charge on any atom is 0.160 e. The summed E-state index contributed by atoms with van der Waals surface area (Å²) in [6.45, 7) is 0. The summed E-state index contributed by atoms with van der Waals surface area (Å²) < 4.78 is 4.76. The second kappa shape index (κ2) is 12.5. The van der Waals surface area contributed by atoms with Crippen molar-refractivity contribution in [2.45, 2.75) is 6.42 Å². The molecular formula is C53H34N4. The lowest BCUT2D eigenvalue weighted by molar-refractivity contribution is 1.13. The maximum atomic E-state index is 5.23. The van der Waals surface area contributed by atoms with Gasteiger partial charge in [0.25, 0.3) is 0 Å². The molecule has 0 atom stereocenters. The smallest absolute Gasteiger partial charge is 0.160 e. The van der Waals surface area contributed by atoms with E-state index in [1.54, 1.807) is 0 Å². The van der Waals surface area contributed by atoms with Crippen molar-refractivity contribution in [1.82, 2.24) is 19.1 Å². The predicted molar refractivity (Wildman–Crippen MR) is 235 cm³/mol. The molecule has 0 saturated carbocycles. The molecule has 8 aromatic carbocycles. The topological polar surface area (TPSA) is 35.6 Å². The number of benzene rings is 8. The molecule has 0 bridgehead atoms. The molecule has 0 fully saturated rings. The van der Waals surface area contributed by atoms with Gasteiger partial charge in [0.2, 0.25) is 0 Å². The fraction of sp³-hybridized carbons (Fsp3) is 0.0189. The SMILES string of the molecule is c1ccc(-c2nc(-c3ccc(-n4c5ccccc5c5cc(-c6ccc7c(c6)c6ccccc6n7-c6ccccc6)ccc54)cc3)c3c(n2)-c2ccccc2C3)cc1. The minimum atomic E-state index is 0.754. The van der Waals surface area contributed by atoms with Crippen LogP contribution < -0.4 is 0 Å². The molecule has 3 aromatic heterocycles. The molecule has 1 aliphatic rings. The quantitative estimate of drug-likeness (QED) is 0.177. The molecule has 1 aliphatic carbocycles. The van der Waals surface area contributed by atoms with E-state index in [1.807, 2.05) is 18.2 Å². The third kappa shape index (κ3) is 4.94. The third-order valence-corrected chi connectivity index (χ3v) is 11.8. The van der Waals surface area contributed by atoms with Gasteiger partial charge in [0.1, 0.15) is 0 Å². The molecule has 0 N–H and O–H groups in total. The first-order chi connectivity index (χ1) is 28.3. The average Bonchev–Trinajstić information content (AvgIpc) is 3.94. The van der Waals surface area contributed by atoms with E-state index in [9.17, 15) is 0 Å². The number of aromatic nitrogens is 4. The van der Waals surface area contributed by atoms with E-state index in [0.717, 1.165) is 40.4 Å². The Morgan fingerprint density at radius 1 is 0.351 bits per heavy atom. The fourth-order valence-corrected chi connectivity index (χ4v) is 9.13. The predicted octanol–water partition coefficient (Wildman–Crippen LogP) is 13.2. The van der Waals surface area contributed by atoms with Crippen molar-refractivity contribution in [2.75, 3.05) is 0 Å². The van der Waals surface area contributed by atoms with Crippen LogP contribution in [0.4, 0.5) is 0 Å². The monoisotopic (exact) mass is 726 g/mol. The van der Waals surface area contributed by atoms with Crippen LogP contribution in [0, 0.1) is 0 Å². The van der Waals surface area contributed by atoms with Crippen LogP contribution in [0.25, 0.3) is 100 Å². The summed E-state index contributed by atoms with van der Waals surface area (Å²) in [5.74, 6) is 0.754. The van der Waals surface area contributed by atoms with E-state index < -0.39 is 0 Å². The summed E-state index contributed by atoms with van der Waals surface area (Å²) in [4.78, 5) is 10.4. The summed E-state index contributed by atoms with van der Waals surface area (Å²) in [6.07, 6.45) is 0.828. The van der Waals surface area contributed by atoms with Crippen molar-refractivity contribution in [2.24, 2.45) is 0 Å². The standard InChI is InChI=1S/C53H34N4/c1-3-13-35(14-4-1)53-54-51(46-33-38-15-7-8-18-41(38)52(46)55-53)34-23-27-40(28-24-34)57-48-22-12-10-20-43(48)45-32-37(26-30-50(45)57)36-25-29-49-44(31-36)42-19-9-11-21-47(42)56(49)39-16-5-2-6-17-39/h1-32H,33H2. The molecule has 0 radical (unpaired) electrons. The van der Waals surface area contributed by atoms with Gasteiger partial charge in [0, 0.05) is 61.6 Å². The zero-order chi connectivity index (χ0) is 37.5. The van der Waals surface area contributed by atoms with Gasteiger partial charge >= 0.3 is 0 Å². The Morgan fingerprint density at radius 2 is 0.842 bits per heavy atom. The van der Waals surface area contributed by atoms with Crippen molar-refractivity contribution in [1.29, 1.82) is 0 Å². The lowest BCUT2D eigenvalue weighted by Crippen LogP contribution is -2.00. The maximum absolute atomic E-state index is 5.23. The molecule has 0 aliphatic heterocycles. The minimum Gasteiger partial charge on any atom is -0.309 e. The van der Waals surface area contributed by atoms with Gasteiger partial charge < -0.3 is 9.13 Å². The van der Waals surface area contributed by atoms with Crippen LogP contribution in [-0.2, 0) is 6.42 Å². The van der Waals surface area contributed by atoms with Gasteiger partial charge in [-0.15, -0.1) is 0 Å². The molecule has 4 nitrogen and oxygen atoms in total. The second-order valence-corrected chi connectivity index (χ2v) is 15.0. The van der Waals surface area contributed by atoms with Crippen LogP contribution >= 0.6 is 0 Å². The van der Waals surface area contributed by atoms with E-state index in [1.165, 1.54) is 77.1 Å². The van der Waals surface area contributed by atoms with Crippen LogP contribution in [0.15, 0.2) is 194 Å². The number of para-hydroxylation sites is 3. The third-order valence-electron chi connectivity index (χ3n) is 11.8. The normalized spacial score (nSPS) is 12.1. The highest BCUT2D eigenvalue weighted by Crippen LogP contribution is 2.42. The molecule has 4 heteroatoms. The van der Waals surface area contributed by atoms with Gasteiger partial charge in [-0.2, -0.15) is 0 Å². The molecule has 266 valence electrons. The number of rotatable bonds is 5. The van der Waals surface area contributed by atoms with Crippen LogP contribution in [0.2, 0.25) is 0 Å². The molecule has 57 heavy (non-hydrogen) atoms. The molecule has 12 rings (SSSR count). The van der Waals surface area contributed by atoms with Gasteiger partial charge in [0.15, 0.2) is 5.82 Å². The zero-order valence-electron chi connectivity index (χ0n) is 31.0. The molecule has 3 heterocycles. The summed E-state index contributed by atoms with van der Waals surface area (Å²) in [5, 5.41) is 4.98. The van der Waals surface area contributed by atoms with Gasteiger partial charge in [-0.25, -0.2) is 9.97 Å². The first-order valence-electron chi connectivity index (χ1n) is 19.5. The first-order valence-corrected chi connectivity index (χ1v) is 19.5. The van der Waals surface area contributed by atoms with Crippen LogP contribution in [0.3, 0.4) is 0 Å². The number of hydrogen-bond donors (Lipinski definition) is 0. The summed E-state index contributed by atoms with van der Waals surface area (Å²) in [6, 6.07) is 69.8. The molecule has 0 spiro atoms. The Kier molecular flexibility index (Phi) is 6.96. The fourth-order valence-electron chi connectivity index (χ4n) is 9.13. The lowest BCUT2D eigenvalue weighted by Gasteiger charge is -2.13. The molecule has 0 saturated heterocycles. The highest BCUT2D eigenvalue weighted by Gasteiger charge is 2.26. The van der Waals surface area contributed by atoms with Crippen LogP contribution in [0.5, 0.6) is 0 Å². The molecule has 0 amide bonds. The minimum absolute atomic E-state index is 0.754. The van der Waals surface area contributed by atoms with E-state index in [4.69, 9.17) is 9.97 Å². The second-order valence-electron chi connectivity index (χ2n) is 15.0. The Morgan fingerprint density at radius 3 is 1.49 bits per heavy atom. The molecular weight excluding hydrogens is 693 g/mol.